The Hall–Kier alpha value is -1.63. The van der Waals surface area contributed by atoms with E-state index < -0.39 is 24.0 Å². The molecular weight excluding hydrogens is 334 g/mol. The number of halogens is 1. The Morgan fingerprint density at radius 2 is 1.73 bits per heavy atom. The lowest BCUT2D eigenvalue weighted by molar-refractivity contribution is 0.00578. The molecule has 0 N–H and O–H groups in total. The normalized spacial score (nSPS) is 19.2. The first-order valence-electron chi connectivity index (χ1n) is 8.79. The maximum Gasteiger partial charge on any atom is 0.525 e. The summed E-state index contributed by atoms with van der Waals surface area (Å²) in [6.45, 7) is 12.0. The molecule has 2 rings (SSSR count). The van der Waals surface area contributed by atoms with Gasteiger partial charge in [-0.2, -0.15) is 0 Å². The maximum atomic E-state index is 15.4. The zero-order valence-corrected chi connectivity index (χ0v) is 16.3. The van der Waals surface area contributed by atoms with Gasteiger partial charge in [-0.25, -0.2) is 4.39 Å². The Kier molecular flexibility index (Phi) is 6.66. The van der Waals surface area contributed by atoms with Gasteiger partial charge in [-0.3, -0.25) is 0 Å². The van der Waals surface area contributed by atoms with Crippen LogP contribution in [0.5, 0.6) is 5.75 Å². The van der Waals surface area contributed by atoms with E-state index >= 15 is 4.39 Å². The van der Waals surface area contributed by atoms with Crippen molar-refractivity contribution in [3.63, 3.8) is 0 Å². The average Bonchev–Trinajstić information content (AvgIpc) is 2.82. The molecule has 1 aromatic carbocycles. The summed E-state index contributed by atoms with van der Waals surface area (Å²) >= 11 is 0. The van der Waals surface area contributed by atoms with Crippen LogP contribution >= 0.6 is 0 Å². The highest BCUT2D eigenvalue weighted by atomic mass is 19.1. The number of methoxy groups -OCH3 is 1. The van der Waals surface area contributed by atoms with Crippen molar-refractivity contribution in [3.05, 3.63) is 48.2 Å². The molecule has 1 fully saturated rings. The summed E-state index contributed by atoms with van der Waals surface area (Å²) in [5.41, 5.74) is -0.356. The van der Waals surface area contributed by atoms with Gasteiger partial charge < -0.3 is 18.8 Å². The zero-order chi connectivity index (χ0) is 19.4. The van der Waals surface area contributed by atoms with Gasteiger partial charge in [-0.15, -0.1) is 6.58 Å². The Bertz CT molecular complexity index is 636. The van der Waals surface area contributed by atoms with Crippen LogP contribution in [0, 0.1) is 0 Å². The summed E-state index contributed by atoms with van der Waals surface area (Å²) < 4.78 is 37.7. The van der Waals surface area contributed by atoms with E-state index in [0.29, 0.717) is 31.0 Å². The van der Waals surface area contributed by atoms with E-state index in [1.54, 1.807) is 25.3 Å². The molecule has 0 atom stereocenters. The van der Waals surface area contributed by atoms with Crippen LogP contribution in [0.25, 0.3) is 5.57 Å². The van der Waals surface area contributed by atoms with Gasteiger partial charge in [-0.1, -0.05) is 18.2 Å². The zero-order valence-electron chi connectivity index (χ0n) is 16.3. The van der Waals surface area contributed by atoms with E-state index in [9.17, 15) is 0 Å². The van der Waals surface area contributed by atoms with Crippen molar-refractivity contribution >= 4 is 12.7 Å². The molecule has 1 saturated heterocycles. The average molecular weight is 362 g/mol. The van der Waals surface area contributed by atoms with Crippen molar-refractivity contribution in [1.82, 2.24) is 0 Å². The first kappa shape index (κ1) is 20.7. The maximum absolute atomic E-state index is 15.4. The topological polar surface area (TPSA) is 36.9 Å². The predicted octanol–water partition coefficient (Wildman–Crippen LogP) is 4.60. The van der Waals surface area contributed by atoms with E-state index in [1.165, 1.54) is 0 Å². The van der Waals surface area contributed by atoms with Gasteiger partial charge in [-0.05, 0) is 57.4 Å². The third-order valence-corrected chi connectivity index (χ3v) is 4.92. The molecule has 0 amide bonds. The molecule has 1 aliphatic rings. The summed E-state index contributed by atoms with van der Waals surface area (Å²) in [6, 6.07) is 7.26. The number of hydrogen-bond donors (Lipinski definition) is 0. The molecule has 0 aliphatic carbocycles. The molecule has 0 saturated carbocycles. The van der Waals surface area contributed by atoms with E-state index in [4.69, 9.17) is 18.8 Å². The fourth-order valence-electron chi connectivity index (χ4n) is 2.62. The predicted molar refractivity (Wildman–Crippen MR) is 103 cm³/mol. The van der Waals surface area contributed by atoms with E-state index in [0.717, 1.165) is 5.56 Å². The number of hydrogen-bond acceptors (Lipinski definition) is 4. The van der Waals surface area contributed by atoms with E-state index in [1.807, 2.05) is 39.8 Å². The highest BCUT2D eigenvalue weighted by molar-refractivity contribution is 6.55. The third kappa shape index (κ3) is 4.55. The van der Waals surface area contributed by atoms with Crippen molar-refractivity contribution in [2.24, 2.45) is 0 Å². The standard InChI is InChI=1S/C20H28BFO4/c1-7-13-24-14-12-17(15-8-10-16(23-6)11-9-15)18(22)21-25-19(2,3)20(4,5)26-21/h7-11H,1,12-14H2,2-6H3. The summed E-state index contributed by atoms with van der Waals surface area (Å²) in [4.78, 5) is 0. The quantitative estimate of drug-likeness (QED) is 0.385. The molecule has 0 spiro atoms. The van der Waals surface area contributed by atoms with Gasteiger partial charge in [0.25, 0.3) is 0 Å². The smallest absolute Gasteiger partial charge is 0.497 e. The van der Waals surface area contributed by atoms with Gasteiger partial charge in [0.15, 0.2) is 0 Å². The Morgan fingerprint density at radius 3 is 2.23 bits per heavy atom. The molecule has 142 valence electrons. The van der Waals surface area contributed by atoms with Crippen LogP contribution in [-0.4, -0.2) is 38.6 Å². The molecule has 0 radical (unpaired) electrons. The minimum atomic E-state index is -1.03. The first-order chi connectivity index (χ1) is 12.2. The Balaban J connectivity index is 2.31. The highest BCUT2D eigenvalue weighted by Gasteiger charge is 2.53. The minimum Gasteiger partial charge on any atom is -0.497 e. The SMILES string of the molecule is C=CCOCCC(=C(F)B1OC(C)(C)C(C)(C)O1)c1ccc(OC)cc1. The van der Waals surface area contributed by atoms with Gasteiger partial charge in [0.1, 0.15) is 11.5 Å². The molecular formula is C20H28BFO4. The van der Waals surface area contributed by atoms with Crippen LogP contribution in [0.3, 0.4) is 0 Å². The molecule has 1 aromatic rings. The molecule has 1 heterocycles. The Morgan fingerprint density at radius 1 is 1.15 bits per heavy atom. The van der Waals surface area contributed by atoms with E-state index in [-0.39, 0.29) is 0 Å². The molecule has 26 heavy (non-hydrogen) atoms. The number of benzene rings is 1. The molecule has 4 nitrogen and oxygen atoms in total. The second-order valence-corrected chi connectivity index (χ2v) is 7.26. The third-order valence-electron chi connectivity index (χ3n) is 4.92. The van der Waals surface area contributed by atoms with Crippen molar-refractivity contribution < 1.29 is 23.2 Å². The molecule has 6 heteroatoms. The molecule has 1 aliphatic heterocycles. The van der Waals surface area contributed by atoms with E-state index in [2.05, 4.69) is 6.58 Å². The summed E-state index contributed by atoms with van der Waals surface area (Å²) in [5.74, 6) is 0.715. The number of rotatable bonds is 8. The molecule has 0 aromatic heterocycles. The summed E-state index contributed by atoms with van der Waals surface area (Å²) in [6.07, 6.45) is 2.07. The fraction of sp³-hybridized carbons (Fsp3) is 0.500. The van der Waals surface area contributed by atoms with Gasteiger partial charge in [0, 0.05) is 0 Å². The highest BCUT2D eigenvalue weighted by Crippen LogP contribution is 2.40. The summed E-state index contributed by atoms with van der Waals surface area (Å²) in [5, 5.41) is 0. The van der Waals surface area contributed by atoms with Crippen LogP contribution in [0.4, 0.5) is 4.39 Å². The van der Waals surface area contributed by atoms with Crippen molar-refractivity contribution in [2.45, 2.75) is 45.3 Å². The Labute approximate surface area is 156 Å². The fourth-order valence-corrected chi connectivity index (χ4v) is 2.62. The largest absolute Gasteiger partial charge is 0.525 e. The number of ether oxygens (including phenoxy) is 2. The van der Waals surface area contributed by atoms with Gasteiger partial charge in [0.05, 0.1) is 31.5 Å². The lowest BCUT2D eigenvalue weighted by atomic mass is 9.82. The lowest BCUT2D eigenvalue weighted by Crippen LogP contribution is -2.41. The van der Waals surface area contributed by atoms with Crippen LogP contribution in [-0.2, 0) is 14.0 Å². The second-order valence-electron chi connectivity index (χ2n) is 7.26. The van der Waals surface area contributed by atoms with Crippen LogP contribution in [0.1, 0.15) is 39.7 Å². The first-order valence-corrected chi connectivity index (χ1v) is 8.79. The molecule has 0 unspecified atom stereocenters. The van der Waals surface area contributed by atoms with Crippen LogP contribution < -0.4 is 4.74 Å². The molecule has 0 bridgehead atoms. The monoisotopic (exact) mass is 362 g/mol. The van der Waals surface area contributed by atoms with Crippen molar-refractivity contribution in [1.29, 1.82) is 0 Å². The minimum absolute atomic E-state index is 0.375. The van der Waals surface area contributed by atoms with Crippen molar-refractivity contribution in [3.8, 4) is 5.75 Å². The second kappa shape index (κ2) is 8.38. The van der Waals surface area contributed by atoms with Gasteiger partial charge >= 0.3 is 7.12 Å². The summed E-state index contributed by atoms with van der Waals surface area (Å²) in [7, 11) is 0.566. The lowest BCUT2D eigenvalue weighted by Gasteiger charge is -2.32. The van der Waals surface area contributed by atoms with Crippen LogP contribution in [0.15, 0.2) is 42.6 Å². The van der Waals surface area contributed by atoms with Gasteiger partial charge in [0.2, 0.25) is 0 Å². The van der Waals surface area contributed by atoms with Crippen molar-refractivity contribution in [2.75, 3.05) is 20.3 Å². The van der Waals surface area contributed by atoms with Crippen LogP contribution in [0.2, 0.25) is 0 Å².